The summed E-state index contributed by atoms with van der Waals surface area (Å²) in [5, 5.41) is 3.14. The smallest absolute Gasteiger partial charge is 0.413 e. The molecule has 5 heteroatoms. The molecule has 0 radical (unpaired) electrons. The van der Waals surface area contributed by atoms with E-state index in [0.717, 1.165) is 10.6 Å². The van der Waals surface area contributed by atoms with Crippen LogP contribution in [0.4, 0.5) is 9.93 Å². The Morgan fingerprint density at radius 1 is 1.37 bits per heavy atom. The van der Waals surface area contributed by atoms with E-state index in [4.69, 9.17) is 11.2 Å². The molecule has 0 saturated carbocycles. The Kier molecular flexibility index (Phi) is 4.26. The molecule has 0 fully saturated rings. The molecular weight excluding hydrogens is 260 g/mol. The van der Waals surface area contributed by atoms with Crippen LogP contribution in [-0.2, 0) is 10.2 Å². The van der Waals surface area contributed by atoms with Crippen molar-refractivity contribution in [2.24, 2.45) is 0 Å². The summed E-state index contributed by atoms with van der Waals surface area (Å²) in [7, 11) is 0. The highest BCUT2D eigenvalue weighted by Gasteiger charge is 2.25. The van der Waals surface area contributed by atoms with Crippen LogP contribution in [0, 0.1) is 19.3 Å². The maximum Gasteiger partial charge on any atom is 0.413 e. The van der Waals surface area contributed by atoms with Gasteiger partial charge in [0.15, 0.2) is 5.13 Å². The molecule has 0 aliphatic rings. The minimum Gasteiger partial charge on any atom is -0.444 e. The summed E-state index contributed by atoms with van der Waals surface area (Å²) in [4.78, 5) is 16.9. The molecule has 1 rings (SSSR count). The molecule has 19 heavy (non-hydrogen) atoms. The molecule has 4 nitrogen and oxygen atoms in total. The van der Waals surface area contributed by atoms with Crippen LogP contribution in [0.5, 0.6) is 0 Å². The number of hydrogen-bond acceptors (Lipinski definition) is 4. The summed E-state index contributed by atoms with van der Waals surface area (Å²) < 4.78 is 5.18. The first kappa shape index (κ1) is 15.5. The second-order valence-corrected chi connectivity index (χ2v) is 6.83. The van der Waals surface area contributed by atoms with Crippen LogP contribution < -0.4 is 5.32 Å². The Balaban J connectivity index is 2.86. The summed E-state index contributed by atoms with van der Waals surface area (Å²) in [6.45, 7) is 11.2. The first-order valence-electron chi connectivity index (χ1n) is 6.01. The molecule has 0 unspecified atom stereocenters. The van der Waals surface area contributed by atoms with Crippen LogP contribution in [0.1, 0.15) is 45.2 Å². The lowest BCUT2D eigenvalue weighted by molar-refractivity contribution is 0.0636. The van der Waals surface area contributed by atoms with E-state index >= 15 is 0 Å². The van der Waals surface area contributed by atoms with E-state index < -0.39 is 17.1 Å². The highest BCUT2D eigenvalue weighted by molar-refractivity contribution is 7.16. The summed E-state index contributed by atoms with van der Waals surface area (Å²) in [6, 6.07) is 0. The van der Waals surface area contributed by atoms with Gasteiger partial charge in [0, 0.05) is 4.88 Å². The topological polar surface area (TPSA) is 51.2 Å². The van der Waals surface area contributed by atoms with Gasteiger partial charge in [-0.2, -0.15) is 0 Å². The van der Waals surface area contributed by atoms with Gasteiger partial charge in [-0.3, -0.25) is 5.32 Å². The third kappa shape index (κ3) is 4.25. The van der Waals surface area contributed by atoms with Gasteiger partial charge >= 0.3 is 6.09 Å². The highest BCUT2D eigenvalue weighted by Crippen LogP contribution is 2.33. The molecule has 1 aromatic rings. The van der Waals surface area contributed by atoms with E-state index in [0.29, 0.717) is 5.13 Å². The van der Waals surface area contributed by atoms with Crippen LogP contribution in [-0.4, -0.2) is 16.7 Å². The molecule has 1 aromatic heterocycles. The third-order valence-corrected chi connectivity index (χ3v) is 3.73. The van der Waals surface area contributed by atoms with Crippen molar-refractivity contribution in [3.05, 3.63) is 10.6 Å². The average molecular weight is 280 g/mol. The monoisotopic (exact) mass is 280 g/mol. The normalized spacial score (nSPS) is 11.8. The lowest BCUT2D eigenvalue weighted by Crippen LogP contribution is -2.27. The number of aryl methyl sites for hydroxylation is 1. The van der Waals surface area contributed by atoms with E-state index in [1.54, 1.807) is 0 Å². The van der Waals surface area contributed by atoms with Crippen LogP contribution in [0.15, 0.2) is 0 Å². The number of nitrogens with zero attached hydrogens (tertiary/aromatic N) is 1. The first-order valence-corrected chi connectivity index (χ1v) is 6.82. The predicted octanol–water partition coefficient (Wildman–Crippen LogP) is 3.71. The van der Waals surface area contributed by atoms with Crippen LogP contribution >= 0.6 is 11.3 Å². The van der Waals surface area contributed by atoms with Crippen molar-refractivity contribution in [3.63, 3.8) is 0 Å². The van der Waals surface area contributed by atoms with Gasteiger partial charge in [-0.1, -0.05) is 17.3 Å². The third-order valence-electron chi connectivity index (χ3n) is 2.33. The number of terminal acetylenes is 1. The Labute approximate surface area is 118 Å². The molecule has 0 aromatic carbocycles. The van der Waals surface area contributed by atoms with Gasteiger partial charge < -0.3 is 4.74 Å². The molecule has 1 heterocycles. The van der Waals surface area contributed by atoms with Gasteiger partial charge in [-0.25, -0.2) is 9.78 Å². The SMILES string of the molecule is C#CC(C)(C)c1sc(NC(=O)OC(C)(C)C)nc1C. The molecule has 0 saturated heterocycles. The average Bonchev–Trinajstić information content (AvgIpc) is 2.57. The minimum atomic E-state index is -0.530. The highest BCUT2D eigenvalue weighted by atomic mass is 32.1. The zero-order valence-corrected chi connectivity index (χ0v) is 13.1. The lowest BCUT2D eigenvalue weighted by atomic mass is 9.92. The number of carbonyl (C=O) groups is 1. The number of anilines is 1. The second-order valence-electron chi connectivity index (χ2n) is 5.83. The van der Waals surface area contributed by atoms with E-state index in [9.17, 15) is 4.79 Å². The Morgan fingerprint density at radius 3 is 2.42 bits per heavy atom. The molecule has 0 aliphatic carbocycles. The molecule has 0 atom stereocenters. The number of ether oxygens (including phenoxy) is 1. The summed E-state index contributed by atoms with van der Waals surface area (Å²) >= 11 is 1.38. The zero-order chi connectivity index (χ0) is 14.8. The standard InChI is InChI=1S/C14H20N2O2S/c1-8-14(6,7)10-9(2)15-11(19-10)16-12(17)18-13(3,4)5/h1H,2-7H3,(H,15,16,17). The lowest BCUT2D eigenvalue weighted by Gasteiger charge is -2.19. The predicted molar refractivity (Wildman–Crippen MR) is 78.6 cm³/mol. The van der Waals surface area contributed by atoms with Gasteiger partial charge in [-0.15, -0.1) is 6.42 Å². The largest absolute Gasteiger partial charge is 0.444 e. The maximum absolute atomic E-state index is 11.7. The van der Waals surface area contributed by atoms with Crippen molar-refractivity contribution in [1.82, 2.24) is 4.98 Å². The number of aromatic nitrogens is 1. The van der Waals surface area contributed by atoms with Gasteiger partial charge in [0.25, 0.3) is 0 Å². The van der Waals surface area contributed by atoms with E-state index in [2.05, 4.69) is 16.2 Å². The van der Waals surface area contributed by atoms with Crippen molar-refractivity contribution >= 4 is 22.6 Å². The van der Waals surface area contributed by atoms with E-state index in [1.807, 2.05) is 41.5 Å². The van der Waals surface area contributed by atoms with Crippen molar-refractivity contribution in [2.45, 2.75) is 52.6 Å². The second kappa shape index (κ2) is 5.22. The summed E-state index contributed by atoms with van der Waals surface area (Å²) in [5.74, 6) is 2.73. The fourth-order valence-corrected chi connectivity index (χ4v) is 2.50. The molecule has 0 aliphatic heterocycles. The zero-order valence-electron chi connectivity index (χ0n) is 12.2. The number of carbonyl (C=O) groups excluding carboxylic acids is 1. The minimum absolute atomic E-state index is 0.393. The first-order chi connectivity index (χ1) is 8.55. The van der Waals surface area contributed by atoms with Crippen molar-refractivity contribution < 1.29 is 9.53 Å². The van der Waals surface area contributed by atoms with Gasteiger partial charge in [-0.05, 0) is 41.5 Å². The van der Waals surface area contributed by atoms with Gasteiger partial charge in [0.2, 0.25) is 0 Å². The Bertz CT molecular complexity index is 519. The Hall–Kier alpha value is -1.54. The van der Waals surface area contributed by atoms with Crippen LogP contribution in [0.3, 0.4) is 0 Å². The van der Waals surface area contributed by atoms with Crippen LogP contribution in [0.2, 0.25) is 0 Å². The number of amides is 1. The molecule has 1 amide bonds. The van der Waals surface area contributed by atoms with Crippen LogP contribution in [0.25, 0.3) is 0 Å². The molecule has 0 bridgehead atoms. The van der Waals surface area contributed by atoms with E-state index in [1.165, 1.54) is 11.3 Å². The Morgan fingerprint density at radius 2 is 1.95 bits per heavy atom. The fourth-order valence-electron chi connectivity index (χ4n) is 1.49. The summed E-state index contributed by atoms with van der Waals surface area (Å²) in [6.07, 6.45) is 5.01. The quantitative estimate of drug-likeness (QED) is 0.840. The number of rotatable bonds is 2. The molecule has 104 valence electrons. The molecule has 1 N–H and O–H groups in total. The van der Waals surface area contributed by atoms with Crippen molar-refractivity contribution in [1.29, 1.82) is 0 Å². The molecule has 0 spiro atoms. The van der Waals surface area contributed by atoms with Crippen molar-refractivity contribution in [2.75, 3.05) is 5.32 Å². The van der Waals surface area contributed by atoms with Gasteiger partial charge in [0.05, 0.1) is 11.1 Å². The number of hydrogen-bond donors (Lipinski definition) is 1. The van der Waals surface area contributed by atoms with Gasteiger partial charge in [0.1, 0.15) is 5.60 Å². The number of nitrogens with one attached hydrogen (secondary N) is 1. The molecular formula is C14H20N2O2S. The maximum atomic E-state index is 11.7. The fraction of sp³-hybridized carbons (Fsp3) is 0.571. The summed E-state index contributed by atoms with van der Waals surface area (Å²) in [5.41, 5.74) is -0.0913. The van der Waals surface area contributed by atoms with Crippen molar-refractivity contribution in [3.8, 4) is 12.3 Å². The van der Waals surface area contributed by atoms with E-state index in [-0.39, 0.29) is 0 Å². The number of thiazole rings is 1.